The maximum absolute atomic E-state index is 9.24. The zero-order valence-corrected chi connectivity index (χ0v) is 13.2. The van der Waals surface area contributed by atoms with Crippen molar-refractivity contribution in [2.24, 2.45) is 0 Å². The van der Waals surface area contributed by atoms with Crippen molar-refractivity contribution in [1.29, 1.82) is 0 Å². The number of aliphatic hydroxyl groups is 1. The van der Waals surface area contributed by atoms with Gasteiger partial charge >= 0.3 is 65.4 Å². The first-order chi connectivity index (χ1) is 5.40. The molecule has 0 amide bonds. The van der Waals surface area contributed by atoms with Crippen LogP contribution >= 0.6 is 16.5 Å². The molecule has 0 aromatic heterocycles. The number of rotatable bonds is 3. The standard InChI is InChI=1S/C4H8O.Ba.O5P2/c1-4(2)3-5;;1-6(2)5-7(3)4/h5H,1,3H2,2H3;;/q;+2;. The third-order valence-electron chi connectivity index (χ3n) is 0.403. The Balaban J connectivity index is -0.000000150. The second kappa shape index (κ2) is 13.4. The van der Waals surface area contributed by atoms with Gasteiger partial charge in [0.05, 0.1) is 6.61 Å². The minimum atomic E-state index is -3.24. The maximum atomic E-state index is 9.24. The molecule has 0 bridgehead atoms. The third-order valence-corrected chi connectivity index (χ3v) is 1.47. The molecule has 13 heavy (non-hydrogen) atoms. The third kappa shape index (κ3) is 31.8. The van der Waals surface area contributed by atoms with Crippen molar-refractivity contribution in [3.8, 4) is 0 Å². The molecule has 0 spiro atoms. The molecule has 9 heteroatoms. The molecule has 0 rings (SSSR count). The smallest absolute Gasteiger partial charge is 0.563 e. The van der Waals surface area contributed by atoms with Crippen LogP contribution in [0, 0.1) is 0 Å². The van der Waals surface area contributed by atoms with Crippen LogP contribution in [0.2, 0.25) is 0 Å². The first-order valence-corrected chi connectivity index (χ1v) is 4.81. The Kier molecular flexibility index (Phi) is 20.4. The summed E-state index contributed by atoms with van der Waals surface area (Å²) in [5, 5.41) is 8.04. The topological polar surface area (TPSA) is 110 Å². The van der Waals surface area contributed by atoms with Gasteiger partial charge < -0.3 is 14.9 Å². The van der Waals surface area contributed by atoms with Crippen LogP contribution in [-0.2, 0) is 13.4 Å². The predicted molar refractivity (Wildman–Crippen MR) is 44.0 cm³/mol. The molecule has 0 saturated carbocycles. The van der Waals surface area contributed by atoms with Crippen LogP contribution in [0.25, 0.3) is 0 Å². The van der Waals surface area contributed by atoms with Crippen molar-refractivity contribution in [2.45, 2.75) is 6.92 Å². The fourth-order valence-corrected chi connectivity index (χ4v) is 0.490. The Bertz CT molecular complexity index is 171. The van der Waals surface area contributed by atoms with Crippen molar-refractivity contribution < 1.29 is 28.3 Å². The summed E-state index contributed by atoms with van der Waals surface area (Å²) in [4.78, 5) is 18.5. The quantitative estimate of drug-likeness (QED) is 0.405. The Labute approximate surface area is 118 Å². The molecule has 0 aliphatic carbocycles. The summed E-state index contributed by atoms with van der Waals surface area (Å²) in [6.07, 6.45) is 0. The molecular formula is C4H8BaO6P2+2. The first-order valence-electron chi connectivity index (χ1n) is 2.62. The van der Waals surface area contributed by atoms with Gasteiger partial charge in [-0.1, -0.05) is 12.2 Å². The van der Waals surface area contributed by atoms with Gasteiger partial charge in [-0.3, -0.25) is 0 Å². The SMILES string of the molecule is C=C(C)CO.O=[P+]([O-])O[P+](=O)[O-].[Ba+2]. The van der Waals surface area contributed by atoms with Gasteiger partial charge in [0.2, 0.25) is 0 Å². The summed E-state index contributed by atoms with van der Waals surface area (Å²) in [5.74, 6) is 0. The van der Waals surface area contributed by atoms with Crippen LogP contribution in [0.15, 0.2) is 12.2 Å². The number of aliphatic hydroxyl groups excluding tert-OH is 1. The van der Waals surface area contributed by atoms with Crippen molar-refractivity contribution in [3.63, 3.8) is 0 Å². The van der Waals surface area contributed by atoms with Crippen LogP contribution in [0.1, 0.15) is 6.92 Å². The fourth-order valence-electron chi connectivity index (χ4n) is 0.0544. The van der Waals surface area contributed by atoms with Gasteiger partial charge in [-0.25, -0.2) is 0 Å². The minimum Gasteiger partial charge on any atom is -0.563 e. The van der Waals surface area contributed by atoms with E-state index in [4.69, 9.17) is 5.11 Å². The van der Waals surface area contributed by atoms with E-state index >= 15 is 0 Å². The average molecular weight is 351 g/mol. The number of hydrogen-bond acceptors (Lipinski definition) is 6. The Morgan fingerprint density at radius 2 is 1.69 bits per heavy atom. The molecule has 0 heterocycles. The molecule has 2 unspecified atom stereocenters. The van der Waals surface area contributed by atoms with Crippen LogP contribution in [-0.4, -0.2) is 60.6 Å². The van der Waals surface area contributed by atoms with E-state index in [2.05, 4.69) is 10.9 Å². The molecule has 0 aromatic carbocycles. The van der Waals surface area contributed by atoms with Gasteiger partial charge in [-0.15, -0.1) is 0 Å². The fraction of sp³-hybridized carbons (Fsp3) is 0.500. The predicted octanol–water partition coefficient (Wildman–Crippen LogP) is -0.788. The van der Waals surface area contributed by atoms with Gasteiger partial charge in [0.15, 0.2) is 0 Å². The molecule has 0 saturated heterocycles. The van der Waals surface area contributed by atoms with Gasteiger partial charge in [0.25, 0.3) is 0 Å². The van der Waals surface area contributed by atoms with Gasteiger partial charge in [0, 0.05) is 0 Å². The van der Waals surface area contributed by atoms with Gasteiger partial charge in [0.1, 0.15) is 4.31 Å². The van der Waals surface area contributed by atoms with Gasteiger partial charge in [-0.2, -0.15) is 0 Å². The second-order valence-corrected chi connectivity index (χ2v) is 3.19. The second-order valence-electron chi connectivity index (χ2n) is 1.64. The normalized spacial score (nSPS) is 10.2. The summed E-state index contributed by atoms with van der Waals surface area (Å²) >= 11 is 0. The number of hydrogen-bond donors (Lipinski definition) is 1. The first kappa shape index (κ1) is 19.9. The van der Waals surface area contributed by atoms with Crippen molar-refractivity contribution in [1.82, 2.24) is 0 Å². The Morgan fingerprint density at radius 1 is 1.46 bits per heavy atom. The maximum Gasteiger partial charge on any atom is 2.00 e. The molecular weight excluding hydrogens is 343 g/mol. The largest absolute Gasteiger partial charge is 2.00 e. The van der Waals surface area contributed by atoms with E-state index in [1.165, 1.54) is 0 Å². The summed E-state index contributed by atoms with van der Waals surface area (Å²) < 4.78 is 21.6. The van der Waals surface area contributed by atoms with E-state index in [0.29, 0.717) is 0 Å². The van der Waals surface area contributed by atoms with E-state index in [1.54, 1.807) is 6.92 Å². The van der Waals surface area contributed by atoms with Crippen molar-refractivity contribution >= 4 is 65.4 Å². The van der Waals surface area contributed by atoms with E-state index in [9.17, 15) is 18.9 Å². The molecule has 0 aliphatic heterocycles. The Hall–Kier alpha value is 1.35. The van der Waals surface area contributed by atoms with E-state index in [0.717, 1.165) is 5.57 Å². The molecule has 70 valence electrons. The summed E-state index contributed by atoms with van der Waals surface area (Å²) in [5.41, 5.74) is 0.810. The molecule has 0 fully saturated rings. The van der Waals surface area contributed by atoms with E-state index < -0.39 is 16.5 Å². The van der Waals surface area contributed by atoms with Crippen LogP contribution in [0.5, 0.6) is 0 Å². The molecule has 2 atom stereocenters. The minimum absolute atomic E-state index is 0. The van der Waals surface area contributed by atoms with E-state index in [1.807, 2.05) is 0 Å². The van der Waals surface area contributed by atoms with Crippen LogP contribution < -0.4 is 9.79 Å². The molecule has 6 nitrogen and oxygen atoms in total. The Morgan fingerprint density at radius 3 is 1.69 bits per heavy atom. The average Bonchev–Trinajstić information content (AvgIpc) is 1.85. The monoisotopic (exact) mass is 352 g/mol. The van der Waals surface area contributed by atoms with Crippen LogP contribution in [0.4, 0.5) is 0 Å². The molecule has 1 N–H and O–H groups in total. The van der Waals surface area contributed by atoms with Crippen molar-refractivity contribution in [2.75, 3.05) is 6.61 Å². The zero-order valence-electron chi connectivity index (χ0n) is 7.00. The molecule has 0 aliphatic rings. The van der Waals surface area contributed by atoms with Gasteiger partial charge in [-0.05, 0) is 16.1 Å². The van der Waals surface area contributed by atoms with Crippen LogP contribution in [0.3, 0.4) is 0 Å². The summed E-state index contributed by atoms with van der Waals surface area (Å²) in [7, 11) is -6.47. The summed E-state index contributed by atoms with van der Waals surface area (Å²) in [6.45, 7) is 5.31. The molecule has 0 aromatic rings. The summed E-state index contributed by atoms with van der Waals surface area (Å²) in [6, 6.07) is 0. The van der Waals surface area contributed by atoms with Crippen molar-refractivity contribution in [3.05, 3.63) is 12.2 Å². The van der Waals surface area contributed by atoms with E-state index in [-0.39, 0.29) is 55.5 Å². The molecule has 0 radical (unpaired) electrons. The zero-order chi connectivity index (χ0) is 10.1.